The highest BCUT2D eigenvalue weighted by Gasteiger charge is 2.30. The van der Waals surface area contributed by atoms with Crippen molar-refractivity contribution in [3.05, 3.63) is 47.3 Å². The predicted octanol–water partition coefficient (Wildman–Crippen LogP) is 4.67. The Balaban J connectivity index is 1.59. The van der Waals surface area contributed by atoms with Gasteiger partial charge in [0, 0.05) is 5.69 Å². The lowest BCUT2D eigenvalue weighted by molar-refractivity contribution is -0.137. The van der Waals surface area contributed by atoms with Crippen molar-refractivity contribution in [3.8, 4) is 10.7 Å². The number of thioether (sulfide) groups is 1. The van der Waals surface area contributed by atoms with Gasteiger partial charge in [0.05, 0.1) is 15.7 Å². The number of carbonyl (C=O) groups is 1. The number of H-pyrrole nitrogens is 1. The van der Waals surface area contributed by atoms with E-state index < -0.39 is 17.0 Å². The van der Waals surface area contributed by atoms with E-state index in [0.29, 0.717) is 16.7 Å². The highest BCUT2D eigenvalue weighted by atomic mass is 32.2. The van der Waals surface area contributed by atoms with Crippen LogP contribution in [0.2, 0.25) is 0 Å². The molecule has 136 valence electrons. The summed E-state index contributed by atoms with van der Waals surface area (Å²) in [6.07, 6.45) is -4.41. The minimum absolute atomic E-state index is 0.296. The van der Waals surface area contributed by atoms with Crippen molar-refractivity contribution >= 4 is 34.7 Å². The summed E-state index contributed by atoms with van der Waals surface area (Å²) in [5.74, 6) is 0.273. The Hall–Kier alpha value is -2.33. The van der Waals surface area contributed by atoms with Gasteiger partial charge in [-0.15, -0.1) is 16.4 Å². The molecule has 0 saturated carbocycles. The number of halogens is 3. The topological polar surface area (TPSA) is 70.7 Å². The first-order chi connectivity index (χ1) is 12.3. The van der Waals surface area contributed by atoms with Gasteiger partial charge in [-0.3, -0.25) is 9.89 Å². The predicted molar refractivity (Wildman–Crippen MR) is 95.1 cm³/mol. The number of thiophene rings is 1. The number of anilines is 1. The average Bonchev–Trinajstić information content (AvgIpc) is 3.25. The van der Waals surface area contributed by atoms with Crippen molar-refractivity contribution in [1.29, 1.82) is 0 Å². The fraction of sp³-hybridized carbons (Fsp3) is 0.188. The van der Waals surface area contributed by atoms with Gasteiger partial charge in [0.25, 0.3) is 0 Å². The molecular weight excluding hydrogens is 385 g/mol. The number of hydrogen-bond donors (Lipinski definition) is 2. The third-order valence-corrected chi connectivity index (χ3v) is 5.19. The second-order valence-corrected chi connectivity index (χ2v) is 7.52. The van der Waals surface area contributed by atoms with E-state index in [1.54, 1.807) is 6.92 Å². The standard InChI is InChI=1S/C16H13F3N4OS2/c1-9(26-15-21-13(22-23-15)12-3-2-8-25-12)14(24)20-11-6-4-10(5-7-11)16(17,18)19/h2-9H,1H3,(H,20,24)(H,21,22,23)/t9-/m1/s1. The summed E-state index contributed by atoms with van der Waals surface area (Å²) in [7, 11) is 0. The van der Waals surface area contributed by atoms with Crippen LogP contribution in [0.3, 0.4) is 0 Å². The van der Waals surface area contributed by atoms with E-state index >= 15 is 0 Å². The summed E-state index contributed by atoms with van der Waals surface area (Å²) in [5.41, 5.74) is -0.468. The van der Waals surface area contributed by atoms with E-state index in [1.807, 2.05) is 17.5 Å². The maximum atomic E-state index is 12.5. The van der Waals surface area contributed by atoms with Gasteiger partial charge < -0.3 is 5.32 Å². The van der Waals surface area contributed by atoms with Crippen LogP contribution < -0.4 is 5.32 Å². The molecule has 3 aromatic rings. The van der Waals surface area contributed by atoms with Crippen molar-refractivity contribution < 1.29 is 18.0 Å². The van der Waals surface area contributed by atoms with Crippen LogP contribution in [0.5, 0.6) is 0 Å². The van der Waals surface area contributed by atoms with E-state index in [1.165, 1.54) is 23.5 Å². The van der Waals surface area contributed by atoms with Crippen molar-refractivity contribution in [2.24, 2.45) is 0 Å². The van der Waals surface area contributed by atoms with E-state index in [-0.39, 0.29) is 5.91 Å². The first-order valence-corrected chi connectivity index (χ1v) is 9.20. The van der Waals surface area contributed by atoms with E-state index in [0.717, 1.165) is 28.8 Å². The highest BCUT2D eigenvalue weighted by molar-refractivity contribution is 8.00. The highest BCUT2D eigenvalue weighted by Crippen LogP contribution is 2.30. The normalized spacial score (nSPS) is 12.8. The summed E-state index contributed by atoms with van der Waals surface area (Å²) in [6.45, 7) is 1.67. The van der Waals surface area contributed by atoms with Gasteiger partial charge in [-0.05, 0) is 42.6 Å². The summed E-state index contributed by atoms with van der Waals surface area (Å²) in [5, 5.41) is 11.3. The molecular formula is C16H13F3N4OS2. The van der Waals surface area contributed by atoms with Gasteiger partial charge in [-0.1, -0.05) is 17.8 Å². The molecule has 0 saturated heterocycles. The number of nitrogens with one attached hydrogen (secondary N) is 2. The maximum absolute atomic E-state index is 12.5. The zero-order chi connectivity index (χ0) is 18.7. The molecule has 0 unspecified atom stereocenters. The number of aromatic amines is 1. The average molecular weight is 398 g/mol. The SMILES string of the molecule is C[C@@H](Sc1n[nH]c(-c2cccs2)n1)C(=O)Nc1ccc(C(F)(F)F)cc1. The number of nitrogens with zero attached hydrogens (tertiary/aromatic N) is 2. The van der Waals surface area contributed by atoms with Gasteiger partial charge in [-0.2, -0.15) is 13.2 Å². The summed E-state index contributed by atoms with van der Waals surface area (Å²) >= 11 is 2.67. The van der Waals surface area contributed by atoms with Crippen molar-refractivity contribution in [2.45, 2.75) is 23.5 Å². The number of carbonyl (C=O) groups excluding carboxylic acids is 1. The molecule has 2 heterocycles. The van der Waals surface area contributed by atoms with Gasteiger partial charge in [0.15, 0.2) is 5.82 Å². The zero-order valence-electron chi connectivity index (χ0n) is 13.4. The summed E-state index contributed by atoms with van der Waals surface area (Å²) in [4.78, 5) is 17.5. The number of aromatic nitrogens is 3. The monoisotopic (exact) mass is 398 g/mol. The third kappa shape index (κ3) is 4.44. The van der Waals surface area contributed by atoms with Gasteiger partial charge in [0.1, 0.15) is 0 Å². The lowest BCUT2D eigenvalue weighted by Gasteiger charge is -2.11. The largest absolute Gasteiger partial charge is 0.416 e. The molecule has 0 bridgehead atoms. The molecule has 0 aliphatic rings. The smallest absolute Gasteiger partial charge is 0.325 e. The molecule has 1 aromatic carbocycles. The van der Waals surface area contributed by atoms with Crippen LogP contribution in [0.25, 0.3) is 10.7 Å². The molecule has 1 amide bonds. The van der Waals surface area contributed by atoms with Gasteiger partial charge in [0.2, 0.25) is 11.1 Å². The number of benzene rings is 1. The van der Waals surface area contributed by atoms with Crippen molar-refractivity contribution in [1.82, 2.24) is 15.2 Å². The molecule has 0 fully saturated rings. The minimum Gasteiger partial charge on any atom is -0.325 e. The first kappa shape index (κ1) is 18.5. The molecule has 0 aliphatic heterocycles. The molecule has 3 rings (SSSR count). The zero-order valence-corrected chi connectivity index (χ0v) is 15.0. The van der Waals surface area contributed by atoms with E-state index in [2.05, 4.69) is 20.5 Å². The molecule has 1 atom stereocenters. The van der Waals surface area contributed by atoms with E-state index in [9.17, 15) is 18.0 Å². The van der Waals surface area contributed by atoms with Gasteiger partial charge in [-0.25, -0.2) is 4.98 Å². The molecule has 26 heavy (non-hydrogen) atoms. The third-order valence-electron chi connectivity index (χ3n) is 3.35. The lowest BCUT2D eigenvalue weighted by atomic mass is 10.2. The van der Waals surface area contributed by atoms with Crippen molar-refractivity contribution in [2.75, 3.05) is 5.32 Å². The number of amides is 1. The Morgan fingerprint density at radius 2 is 2.00 bits per heavy atom. The van der Waals surface area contributed by atoms with Crippen LogP contribution in [0, 0.1) is 0 Å². The molecule has 0 spiro atoms. The van der Waals surface area contributed by atoms with Crippen LogP contribution in [-0.4, -0.2) is 26.3 Å². The summed E-state index contributed by atoms with van der Waals surface area (Å²) < 4.78 is 37.6. The Morgan fingerprint density at radius 3 is 2.62 bits per heavy atom. The second-order valence-electron chi connectivity index (χ2n) is 5.27. The Bertz CT molecular complexity index is 876. The minimum atomic E-state index is -4.41. The van der Waals surface area contributed by atoms with Gasteiger partial charge >= 0.3 is 6.18 Å². The quantitative estimate of drug-likeness (QED) is 0.613. The molecule has 5 nitrogen and oxygen atoms in total. The molecule has 0 radical (unpaired) electrons. The number of rotatable bonds is 5. The Labute approximate surface area is 155 Å². The number of alkyl halides is 3. The first-order valence-electron chi connectivity index (χ1n) is 7.44. The van der Waals surface area contributed by atoms with E-state index in [4.69, 9.17) is 0 Å². The molecule has 0 aliphatic carbocycles. The van der Waals surface area contributed by atoms with Crippen molar-refractivity contribution in [3.63, 3.8) is 0 Å². The molecule has 10 heteroatoms. The van der Waals surface area contributed by atoms with Crippen LogP contribution in [0.4, 0.5) is 18.9 Å². The van der Waals surface area contributed by atoms with Crippen LogP contribution >= 0.6 is 23.1 Å². The van der Waals surface area contributed by atoms with Crippen LogP contribution in [-0.2, 0) is 11.0 Å². The summed E-state index contributed by atoms with van der Waals surface area (Å²) in [6, 6.07) is 8.10. The van der Waals surface area contributed by atoms with Crippen LogP contribution in [0.1, 0.15) is 12.5 Å². The fourth-order valence-corrected chi connectivity index (χ4v) is 3.41. The Morgan fingerprint density at radius 1 is 1.27 bits per heavy atom. The van der Waals surface area contributed by atoms with Crippen LogP contribution in [0.15, 0.2) is 46.9 Å². The Kier molecular flexibility index (Phi) is 5.33. The lowest BCUT2D eigenvalue weighted by Crippen LogP contribution is -2.22. The fourth-order valence-electron chi connectivity index (χ4n) is 2.02. The maximum Gasteiger partial charge on any atom is 0.416 e. The molecule has 2 aromatic heterocycles. The molecule has 2 N–H and O–H groups in total. The number of hydrogen-bond acceptors (Lipinski definition) is 5. The second kappa shape index (κ2) is 7.50.